The van der Waals surface area contributed by atoms with Gasteiger partial charge in [-0.15, -0.1) is 0 Å². The number of hydrogen-bond donors (Lipinski definition) is 1. The van der Waals surface area contributed by atoms with Gasteiger partial charge in [0.25, 0.3) is 0 Å². The summed E-state index contributed by atoms with van der Waals surface area (Å²) in [4.78, 5) is 0. The smallest absolute Gasteiger partial charge is 0.0497 e. The summed E-state index contributed by atoms with van der Waals surface area (Å²) in [5.74, 6) is 0.674. The van der Waals surface area contributed by atoms with Gasteiger partial charge in [-0.2, -0.15) is 0 Å². The van der Waals surface area contributed by atoms with Crippen molar-refractivity contribution in [1.29, 1.82) is 0 Å². The Morgan fingerprint density at radius 1 is 1.21 bits per heavy atom. The first-order valence-corrected chi connectivity index (χ1v) is 7.84. The minimum atomic E-state index is 0.674. The molecule has 1 fully saturated rings. The molecule has 2 heterocycles. The Balaban J connectivity index is 2.22. The molecule has 1 aromatic heterocycles. The Morgan fingerprint density at radius 3 is 2.58 bits per heavy atom. The van der Waals surface area contributed by atoms with Gasteiger partial charge >= 0.3 is 0 Å². The number of nitrogens with zero attached hydrogens (tertiary/aromatic N) is 1. The third-order valence-corrected chi connectivity index (χ3v) is 5.15. The van der Waals surface area contributed by atoms with Crippen molar-refractivity contribution in [2.45, 2.75) is 32.6 Å². The topological polar surface area (TPSA) is 17.0 Å². The number of benzene rings is 1. The third-order valence-electron chi connectivity index (χ3n) is 4.35. The quantitative estimate of drug-likeness (QED) is 0.839. The van der Waals surface area contributed by atoms with Crippen LogP contribution >= 0.6 is 15.9 Å². The number of nitrogens with one attached hydrogen (secondary N) is 1. The van der Waals surface area contributed by atoms with Crippen LogP contribution in [0.1, 0.15) is 35.6 Å². The summed E-state index contributed by atoms with van der Waals surface area (Å²) in [5, 5.41) is 4.84. The van der Waals surface area contributed by atoms with Crippen LogP contribution < -0.4 is 5.32 Å². The molecule has 0 atom stereocenters. The van der Waals surface area contributed by atoms with E-state index in [0.29, 0.717) is 5.92 Å². The first kappa shape index (κ1) is 13.2. The molecule has 0 unspecified atom stereocenters. The second-order valence-corrected chi connectivity index (χ2v) is 6.55. The summed E-state index contributed by atoms with van der Waals surface area (Å²) < 4.78 is 3.71. The van der Waals surface area contributed by atoms with Crippen molar-refractivity contribution in [2.24, 2.45) is 7.05 Å². The van der Waals surface area contributed by atoms with Crippen molar-refractivity contribution in [2.75, 3.05) is 13.1 Å². The van der Waals surface area contributed by atoms with Crippen molar-refractivity contribution >= 4 is 26.8 Å². The minimum Gasteiger partial charge on any atom is -0.346 e. The predicted molar refractivity (Wildman–Crippen MR) is 84.9 cm³/mol. The van der Waals surface area contributed by atoms with Gasteiger partial charge in [-0.1, -0.05) is 6.07 Å². The molecule has 1 aliphatic heterocycles. The summed E-state index contributed by atoms with van der Waals surface area (Å²) >= 11 is 3.87. The number of hydrogen-bond acceptors (Lipinski definition) is 1. The molecule has 1 N–H and O–H groups in total. The average molecular weight is 321 g/mol. The Bertz CT molecular complexity index is 621. The molecule has 3 heteroatoms. The Labute approximate surface area is 123 Å². The molecule has 1 saturated heterocycles. The number of piperidine rings is 1. The highest BCUT2D eigenvalue weighted by Gasteiger charge is 2.24. The van der Waals surface area contributed by atoms with Gasteiger partial charge in [-0.05, 0) is 72.9 Å². The van der Waals surface area contributed by atoms with Crippen LogP contribution in [0, 0.1) is 13.8 Å². The molecular weight excluding hydrogens is 300 g/mol. The minimum absolute atomic E-state index is 0.674. The highest BCUT2D eigenvalue weighted by atomic mass is 79.9. The van der Waals surface area contributed by atoms with Crippen LogP contribution in [0.15, 0.2) is 16.6 Å². The highest BCUT2D eigenvalue weighted by molar-refractivity contribution is 9.10. The first-order chi connectivity index (χ1) is 9.09. The lowest BCUT2D eigenvalue weighted by Crippen LogP contribution is -2.27. The fourth-order valence-corrected chi connectivity index (χ4v) is 4.55. The zero-order valence-corrected chi connectivity index (χ0v) is 13.5. The Kier molecular flexibility index (Phi) is 3.44. The summed E-state index contributed by atoms with van der Waals surface area (Å²) in [5.41, 5.74) is 5.55. The molecule has 0 amide bonds. The fraction of sp³-hybridized carbons (Fsp3) is 0.500. The zero-order chi connectivity index (χ0) is 13.6. The Hall–Kier alpha value is -0.800. The van der Waals surface area contributed by atoms with Crippen LogP contribution in [0.4, 0.5) is 0 Å². The molecule has 102 valence electrons. The van der Waals surface area contributed by atoms with E-state index in [-0.39, 0.29) is 0 Å². The second-order valence-electron chi connectivity index (χ2n) is 5.76. The standard InChI is InChI=1S/C16H21BrN2/c1-10-8-11(2)14-13(9-10)19(3)16(15(14)17)12-4-6-18-7-5-12/h8-9,12,18H,4-7H2,1-3H3. The van der Waals surface area contributed by atoms with Gasteiger partial charge < -0.3 is 9.88 Å². The SMILES string of the molecule is Cc1cc(C)c2c(Br)c(C3CCNCC3)n(C)c2c1. The molecule has 1 aromatic carbocycles. The third kappa shape index (κ3) is 2.13. The maximum atomic E-state index is 3.87. The van der Waals surface area contributed by atoms with Crippen molar-refractivity contribution in [3.05, 3.63) is 33.4 Å². The van der Waals surface area contributed by atoms with Crippen LogP contribution in [0.25, 0.3) is 10.9 Å². The van der Waals surface area contributed by atoms with Crippen molar-refractivity contribution in [1.82, 2.24) is 9.88 Å². The summed E-state index contributed by atoms with van der Waals surface area (Å²) in [6.45, 7) is 6.66. The van der Waals surface area contributed by atoms with Gasteiger partial charge in [0.2, 0.25) is 0 Å². The number of aromatic nitrogens is 1. The van der Waals surface area contributed by atoms with Crippen molar-refractivity contribution < 1.29 is 0 Å². The summed E-state index contributed by atoms with van der Waals surface area (Å²) in [6.07, 6.45) is 2.47. The van der Waals surface area contributed by atoms with E-state index in [1.807, 2.05) is 0 Å². The lowest BCUT2D eigenvalue weighted by Gasteiger charge is -2.24. The predicted octanol–water partition coefficient (Wildman–Crippen LogP) is 4.02. The lowest BCUT2D eigenvalue weighted by atomic mass is 9.94. The molecule has 19 heavy (non-hydrogen) atoms. The molecule has 2 nitrogen and oxygen atoms in total. The van der Waals surface area contributed by atoms with Crippen molar-refractivity contribution in [3.63, 3.8) is 0 Å². The fourth-order valence-electron chi connectivity index (χ4n) is 3.45. The molecule has 0 aliphatic carbocycles. The Morgan fingerprint density at radius 2 is 1.89 bits per heavy atom. The van der Waals surface area contributed by atoms with Gasteiger partial charge in [-0.3, -0.25) is 0 Å². The maximum absolute atomic E-state index is 3.87. The largest absolute Gasteiger partial charge is 0.346 e. The van der Waals surface area contributed by atoms with Crippen LogP contribution in [-0.2, 0) is 7.05 Å². The van der Waals surface area contributed by atoms with Crippen LogP contribution in [-0.4, -0.2) is 17.7 Å². The zero-order valence-electron chi connectivity index (χ0n) is 11.9. The van der Waals surface area contributed by atoms with Gasteiger partial charge in [0, 0.05) is 34.0 Å². The van der Waals surface area contributed by atoms with Crippen molar-refractivity contribution in [3.8, 4) is 0 Å². The van der Waals surface area contributed by atoms with E-state index in [0.717, 1.165) is 13.1 Å². The van der Waals surface area contributed by atoms with E-state index in [1.165, 1.54) is 45.0 Å². The number of aryl methyl sites for hydroxylation is 3. The molecule has 3 rings (SSSR count). The summed E-state index contributed by atoms with van der Waals surface area (Å²) in [6, 6.07) is 4.58. The van der Waals surface area contributed by atoms with Gasteiger partial charge in [-0.25, -0.2) is 0 Å². The molecule has 0 saturated carbocycles. The van der Waals surface area contributed by atoms with Crippen LogP contribution in [0.3, 0.4) is 0 Å². The average Bonchev–Trinajstić information content (AvgIpc) is 2.62. The molecule has 0 bridgehead atoms. The van der Waals surface area contributed by atoms with E-state index in [4.69, 9.17) is 0 Å². The van der Waals surface area contributed by atoms with Gasteiger partial charge in [0.1, 0.15) is 0 Å². The van der Waals surface area contributed by atoms with Crippen LogP contribution in [0.2, 0.25) is 0 Å². The molecule has 0 spiro atoms. The molecule has 0 radical (unpaired) electrons. The molecule has 2 aromatic rings. The number of rotatable bonds is 1. The maximum Gasteiger partial charge on any atom is 0.0497 e. The van der Waals surface area contributed by atoms with E-state index in [2.05, 4.69) is 58.8 Å². The summed E-state index contributed by atoms with van der Waals surface area (Å²) in [7, 11) is 2.21. The first-order valence-electron chi connectivity index (χ1n) is 7.05. The van der Waals surface area contributed by atoms with Crippen LogP contribution in [0.5, 0.6) is 0 Å². The van der Waals surface area contributed by atoms with E-state index < -0.39 is 0 Å². The number of halogens is 1. The second kappa shape index (κ2) is 4.95. The van der Waals surface area contributed by atoms with E-state index >= 15 is 0 Å². The lowest BCUT2D eigenvalue weighted by molar-refractivity contribution is 0.445. The van der Waals surface area contributed by atoms with E-state index in [1.54, 1.807) is 0 Å². The monoisotopic (exact) mass is 320 g/mol. The van der Waals surface area contributed by atoms with Gasteiger partial charge in [0.05, 0.1) is 0 Å². The number of fused-ring (bicyclic) bond motifs is 1. The normalized spacial score (nSPS) is 17.3. The highest BCUT2D eigenvalue weighted by Crippen LogP contribution is 2.39. The van der Waals surface area contributed by atoms with E-state index in [9.17, 15) is 0 Å². The van der Waals surface area contributed by atoms with Gasteiger partial charge in [0.15, 0.2) is 0 Å². The molecule has 1 aliphatic rings. The molecular formula is C16H21BrN2.